The van der Waals surface area contributed by atoms with Crippen molar-refractivity contribution >= 4 is 12.6 Å². The Kier molecular flexibility index (Phi) is 3.41. The first kappa shape index (κ1) is 10.2. The Hall–Kier alpha value is -1.28. The summed E-state index contributed by atoms with van der Waals surface area (Å²) in [5.41, 5.74) is 3.72. The molecule has 2 heteroatoms. The Morgan fingerprint density at radius 2 is 1.93 bits per heavy atom. The zero-order valence-corrected chi connectivity index (χ0v) is 9.32. The second-order valence-corrected chi connectivity index (χ2v) is 3.86. The summed E-state index contributed by atoms with van der Waals surface area (Å²) in [6, 6.07) is 12.6. The molecule has 15 heavy (non-hydrogen) atoms. The van der Waals surface area contributed by atoms with Gasteiger partial charge in [0.1, 0.15) is 0 Å². The van der Waals surface area contributed by atoms with Gasteiger partial charge in [-0.1, -0.05) is 30.3 Å². The summed E-state index contributed by atoms with van der Waals surface area (Å²) in [6.07, 6.45) is 4.69. The molecule has 2 aromatic rings. The lowest BCUT2D eigenvalue weighted by atomic mass is 10.0. The van der Waals surface area contributed by atoms with Crippen molar-refractivity contribution in [1.29, 1.82) is 0 Å². The maximum absolute atomic E-state index is 4.24. The van der Waals surface area contributed by atoms with Gasteiger partial charge in [-0.25, -0.2) is 0 Å². The van der Waals surface area contributed by atoms with Crippen molar-refractivity contribution in [2.75, 3.05) is 5.75 Å². The van der Waals surface area contributed by atoms with Crippen LogP contribution in [0, 0.1) is 0 Å². The molecular formula is C13H13NS. The first-order chi connectivity index (χ1) is 7.40. The fourth-order valence-electron chi connectivity index (χ4n) is 1.57. The number of rotatable bonds is 3. The number of benzene rings is 1. The molecule has 1 nitrogen and oxygen atoms in total. The van der Waals surface area contributed by atoms with Crippen LogP contribution in [0.25, 0.3) is 11.1 Å². The maximum Gasteiger partial charge on any atom is 0.0346 e. The zero-order valence-electron chi connectivity index (χ0n) is 8.43. The molecule has 0 fully saturated rings. The summed E-state index contributed by atoms with van der Waals surface area (Å²) >= 11 is 4.24. The van der Waals surface area contributed by atoms with Crippen molar-refractivity contribution in [3.8, 4) is 11.1 Å². The van der Waals surface area contributed by atoms with E-state index in [-0.39, 0.29) is 0 Å². The molecule has 0 bridgehead atoms. The molecule has 0 aliphatic rings. The van der Waals surface area contributed by atoms with Gasteiger partial charge in [-0.05, 0) is 34.9 Å². The average molecular weight is 215 g/mol. The van der Waals surface area contributed by atoms with Gasteiger partial charge in [0.25, 0.3) is 0 Å². The van der Waals surface area contributed by atoms with Crippen molar-refractivity contribution in [2.24, 2.45) is 0 Å². The second-order valence-electron chi connectivity index (χ2n) is 3.42. The highest BCUT2D eigenvalue weighted by molar-refractivity contribution is 7.80. The van der Waals surface area contributed by atoms with Gasteiger partial charge in [0.15, 0.2) is 0 Å². The number of thiol groups is 1. The minimum atomic E-state index is 0.885. The van der Waals surface area contributed by atoms with Gasteiger partial charge >= 0.3 is 0 Å². The lowest BCUT2D eigenvalue weighted by Gasteiger charge is -2.03. The topological polar surface area (TPSA) is 12.9 Å². The van der Waals surface area contributed by atoms with Crippen LogP contribution in [0.3, 0.4) is 0 Å². The Morgan fingerprint density at radius 3 is 2.67 bits per heavy atom. The van der Waals surface area contributed by atoms with Gasteiger partial charge < -0.3 is 0 Å². The highest BCUT2D eigenvalue weighted by Crippen LogP contribution is 2.19. The molecule has 0 atom stereocenters. The predicted molar refractivity (Wildman–Crippen MR) is 67.2 cm³/mol. The van der Waals surface area contributed by atoms with Gasteiger partial charge in [0.05, 0.1) is 0 Å². The third-order valence-electron chi connectivity index (χ3n) is 2.32. The van der Waals surface area contributed by atoms with E-state index in [2.05, 4.69) is 47.9 Å². The zero-order chi connectivity index (χ0) is 10.5. The molecule has 0 radical (unpaired) electrons. The number of aryl methyl sites for hydroxylation is 1. The molecule has 0 aliphatic carbocycles. The fourth-order valence-corrected chi connectivity index (χ4v) is 1.83. The molecule has 1 aromatic heterocycles. The molecule has 0 spiro atoms. The van der Waals surface area contributed by atoms with E-state index in [4.69, 9.17) is 0 Å². The quantitative estimate of drug-likeness (QED) is 0.776. The summed E-state index contributed by atoms with van der Waals surface area (Å²) in [5, 5.41) is 0. The van der Waals surface area contributed by atoms with Crippen molar-refractivity contribution in [3.05, 3.63) is 54.4 Å². The van der Waals surface area contributed by atoms with Gasteiger partial charge in [-0.15, -0.1) is 0 Å². The largest absolute Gasteiger partial charge is 0.264 e. The highest BCUT2D eigenvalue weighted by Gasteiger charge is 1.98. The van der Waals surface area contributed by atoms with Crippen LogP contribution in [-0.2, 0) is 6.42 Å². The van der Waals surface area contributed by atoms with Crippen LogP contribution < -0.4 is 0 Å². The van der Waals surface area contributed by atoms with Crippen LogP contribution in [0.1, 0.15) is 5.56 Å². The van der Waals surface area contributed by atoms with Gasteiger partial charge in [-0.3, -0.25) is 4.98 Å². The van der Waals surface area contributed by atoms with E-state index in [0.717, 1.165) is 12.2 Å². The van der Waals surface area contributed by atoms with Crippen molar-refractivity contribution in [1.82, 2.24) is 4.98 Å². The Balaban J connectivity index is 2.33. The summed E-state index contributed by atoms with van der Waals surface area (Å²) in [4.78, 5) is 4.12. The first-order valence-electron chi connectivity index (χ1n) is 5.00. The van der Waals surface area contributed by atoms with Crippen molar-refractivity contribution in [3.63, 3.8) is 0 Å². The molecular weight excluding hydrogens is 202 g/mol. The molecule has 2 rings (SSSR count). The Labute approximate surface area is 95.6 Å². The molecule has 0 saturated carbocycles. The van der Waals surface area contributed by atoms with E-state index < -0.39 is 0 Å². The summed E-state index contributed by atoms with van der Waals surface area (Å²) in [7, 11) is 0. The van der Waals surface area contributed by atoms with E-state index in [1.165, 1.54) is 16.7 Å². The molecule has 0 saturated heterocycles. The summed E-state index contributed by atoms with van der Waals surface area (Å²) in [6.45, 7) is 0. The molecule has 0 unspecified atom stereocenters. The van der Waals surface area contributed by atoms with E-state index >= 15 is 0 Å². The third-order valence-corrected chi connectivity index (χ3v) is 2.55. The maximum atomic E-state index is 4.24. The normalized spacial score (nSPS) is 10.2. The van der Waals surface area contributed by atoms with Crippen LogP contribution in [-0.4, -0.2) is 10.7 Å². The van der Waals surface area contributed by atoms with E-state index in [9.17, 15) is 0 Å². The van der Waals surface area contributed by atoms with Crippen LogP contribution >= 0.6 is 12.6 Å². The first-order valence-corrected chi connectivity index (χ1v) is 5.63. The van der Waals surface area contributed by atoms with Gasteiger partial charge in [-0.2, -0.15) is 12.6 Å². The number of nitrogens with zero attached hydrogens (tertiary/aromatic N) is 1. The molecule has 1 heterocycles. The third kappa shape index (κ3) is 2.60. The molecule has 76 valence electrons. The lowest BCUT2D eigenvalue weighted by molar-refractivity contribution is 1.16. The minimum absolute atomic E-state index is 0.885. The predicted octanol–water partition coefficient (Wildman–Crippen LogP) is 3.22. The molecule has 0 N–H and O–H groups in total. The van der Waals surface area contributed by atoms with Crippen LogP contribution in [0.5, 0.6) is 0 Å². The van der Waals surface area contributed by atoms with Gasteiger partial charge in [0.2, 0.25) is 0 Å². The van der Waals surface area contributed by atoms with E-state index in [1.54, 1.807) is 6.20 Å². The van der Waals surface area contributed by atoms with E-state index in [0.29, 0.717) is 0 Å². The lowest BCUT2D eigenvalue weighted by Crippen LogP contribution is -1.87. The van der Waals surface area contributed by atoms with Crippen LogP contribution in [0.2, 0.25) is 0 Å². The SMILES string of the molecule is SCCc1cccc(-c2cccnc2)c1. The standard InChI is InChI=1S/C13H13NS/c15-8-6-11-3-1-4-12(9-11)13-5-2-7-14-10-13/h1-5,7,9-10,15H,6,8H2. The number of pyridine rings is 1. The summed E-state index contributed by atoms with van der Waals surface area (Å²) < 4.78 is 0. The Morgan fingerprint density at radius 1 is 1.07 bits per heavy atom. The second kappa shape index (κ2) is 4.99. The smallest absolute Gasteiger partial charge is 0.0346 e. The van der Waals surface area contributed by atoms with Crippen molar-refractivity contribution < 1.29 is 0 Å². The fraction of sp³-hybridized carbons (Fsp3) is 0.154. The minimum Gasteiger partial charge on any atom is -0.264 e. The monoisotopic (exact) mass is 215 g/mol. The van der Waals surface area contributed by atoms with E-state index in [1.807, 2.05) is 12.3 Å². The Bertz CT molecular complexity index is 426. The van der Waals surface area contributed by atoms with Crippen LogP contribution in [0.4, 0.5) is 0 Å². The average Bonchev–Trinajstić information content (AvgIpc) is 2.31. The number of hydrogen-bond acceptors (Lipinski definition) is 2. The molecule has 1 aromatic carbocycles. The molecule has 0 aliphatic heterocycles. The van der Waals surface area contributed by atoms with Crippen molar-refractivity contribution in [2.45, 2.75) is 6.42 Å². The number of hydrogen-bond donors (Lipinski definition) is 1. The van der Waals surface area contributed by atoms with Crippen LogP contribution in [0.15, 0.2) is 48.8 Å². The highest BCUT2D eigenvalue weighted by atomic mass is 32.1. The molecule has 0 amide bonds. The van der Waals surface area contributed by atoms with Gasteiger partial charge in [0, 0.05) is 12.4 Å². The number of aromatic nitrogens is 1. The summed E-state index contributed by atoms with van der Waals surface area (Å²) in [5.74, 6) is 0.885.